The summed E-state index contributed by atoms with van der Waals surface area (Å²) in [5.41, 5.74) is 0.686. The highest BCUT2D eigenvalue weighted by Gasteiger charge is 2.33. The zero-order chi connectivity index (χ0) is 21.5. The van der Waals surface area contributed by atoms with Gasteiger partial charge >= 0.3 is 0 Å². The monoisotopic (exact) mass is 458 g/mol. The molecule has 1 aromatic carbocycles. The zero-order valence-corrected chi connectivity index (χ0v) is 17.6. The van der Waals surface area contributed by atoms with E-state index in [1.165, 1.54) is 0 Å². The molecule has 0 radical (unpaired) electrons. The van der Waals surface area contributed by atoms with Crippen LogP contribution in [0.5, 0.6) is 0 Å². The number of hydrogen-bond donors (Lipinski definition) is 2. The fraction of sp³-hybridized carbons (Fsp3) is 0.474. The lowest BCUT2D eigenvalue weighted by molar-refractivity contribution is 0.277. The highest BCUT2D eigenvalue weighted by Crippen LogP contribution is 2.35. The Morgan fingerprint density at radius 2 is 1.90 bits per heavy atom. The summed E-state index contributed by atoms with van der Waals surface area (Å²) in [5.74, 6) is -1.61. The fourth-order valence-electron chi connectivity index (χ4n) is 3.90. The molecule has 1 fully saturated rings. The van der Waals surface area contributed by atoms with Crippen LogP contribution in [0, 0.1) is 11.6 Å². The molecule has 1 saturated heterocycles. The molecule has 0 unspecified atom stereocenters. The van der Waals surface area contributed by atoms with E-state index in [-0.39, 0.29) is 40.6 Å². The van der Waals surface area contributed by atoms with Gasteiger partial charge in [-0.1, -0.05) is 11.6 Å². The minimum absolute atomic E-state index is 0.0596. The van der Waals surface area contributed by atoms with E-state index in [0.29, 0.717) is 36.7 Å². The first-order chi connectivity index (χ1) is 14.3. The zero-order valence-electron chi connectivity index (χ0n) is 16.0. The second kappa shape index (κ2) is 8.33. The maximum absolute atomic E-state index is 14.5. The van der Waals surface area contributed by atoms with Crippen molar-refractivity contribution < 1.29 is 22.3 Å². The molecular weight excluding hydrogens is 438 g/mol. The molecule has 0 amide bonds. The van der Waals surface area contributed by atoms with Crippen molar-refractivity contribution in [3.63, 3.8) is 0 Å². The molecule has 1 aromatic heterocycles. The van der Waals surface area contributed by atoms with E-state index in [9.17, 15) is 17.2 Å². The topological polar surface area (TPSA) is 95.4 Å². The molecule has 0 spiro atoms. The molecule has 4 rings (SSSR count). The molecule has 7 nitrogen and oxygen atoms in total. The van der Waals surface area contributed by atoms with Crippen molar-refractivity contribution in [1.82, 2.24) is 15.3 Å². The molecule has 2 aliphatic rings. The molecule has 30 heavy (non-hydrogen) atoms. The van der Waals surface area contributed by atoms with Crippen molar-refractivity contribution in [2.45, 2.75) is 30.4 Å². The Morgan fingerprint density at radius 3 is 2.60 bits per heavy atom. The summed E-state index contributed by atoms with van der Waals surface area (Å²) in [6.07, 6.45) is 1.57. The van der Waals surface area contributed by atoms with Gasteiger partial charge in [0.1, 0.15) is 17.5 Å². The molecule has 2 N–H and O–H groups in total. The van der Waals surface area contributed by atoms with Crippen molar-refractivity contribution >= 4 is 27.3 Å². The number of aromatic nitrogens is 2. The first-order valence-electron chi connectivity index (χ1n) is 9.61. The Morgan fingerprint density at radius 1 is 1.17 bits per heavy atom. The van der Waals surface area contributed by atoms with E-state index in [1.54, 1.807) is 0 Å². The van der Waals surface area contributed by atoms with Crippen molar-refractivity contribution in [1.29, 1.82) is 0 Å². The van der Waals surface area contributed by atoms with E-state index < -0.39 is 21.5 Å². The largest absolute Gasteiger partial charge is 0.395 e. The standard InChI is InChI=1S/C19H21ClF2N4O3S/c20-14-8-15(21)12(7-16(14)22)18-24-17-10-30(28,29)9-13(17)19(25-18)26-4-1-11(2-5-26)23-3-6-27/h7-8,11,23,27H,1-6,9-10H2. The quantitative estimate of drug-likeness (QED) is 0.662. The lowest BCUT2D eigenvalue weighted by atomic mass is 10.0. The Balaban J connectivity index is 1.72. The average Bonchev–Trinajstić information content (AvgIpc) is 3.02. The van der Waals surface area contributed by atoms with Crippen LogP contribution in [-0.4, -0.2) is 55.8 Å². The van der Waals surface area contributed by atoms with E-state index >= 15 is 0 Å². The van der Waals surface area contributed by atoms with Gasteiger partial charge in [-0.3, -0.25) is 0 Å². The number of sulfone groups is 1. The normalized spacial score (nSPS) is 18.6. The predicted molar refractivity (Wildman–Crippen MR) is 109 cm³/mol. The van der Waals surface area contributed by atoms with Gasteiger partial charge < -0.3 is 15.3 Å². The van der Waals surface area contributed by atoms with Gasteiger partial charge in [0.2, 0.25) is 0 Å². The Labute approximate surface area is 178 Å². The number of nitrogens with zero attached hydrogens (tertiary/aromatic N) is 3. The SMILES string of the molecule is O=S1(=O)Cc2nc(-c3cc(F)c(Cl)cc3F)nc(N3CCC(NCCO)CC3)c2C1. The third-order valence-corrected chi connectivity index (χ3v) is 7.11. The van der Waals surface area contributed by atoms with Gasteiger partial charge in [0, 0.05) is 31.2 Å². The molecule has 0 aliphatic carbocycles. The summed E-state index contributed by atoms with van der Waals surface area (Å²) in [4.78, 5) is 10.7. The number of halogens is 3. The lowest BCUT2D eigenvalue weighted by Crippen LogP contribution is -2.44. The minimum Gasteiger partial charge on any atom is -0.395 e. The van der Waals surface area contributed by atoms with Crippen molar-refractivity contribution in [3.05, 3.63) is 40.0 Å². The van der Waals surface area contributed by atoms with Crippen LogP contribution in [0.25, 0.3) is 11.4 Å². The molecule has 2 aliphatic heterocycles. The number of aliphatic hydroxyl groups excluding tert-OH is 1. The van der Waals surface area contributed by atoms with Crippen LogP contribution in [0.15, 0.2) is 12.1 Å². The first kappa shape index (κ1) is 21.4. The molecule has 0 bridgehead atoms. The number of fused-ring (bicyclic) bond motifs is 1. The maximum Gasteiger partial charge on any atom is 0.164 e. The van der Waals surface area contributed by atoms with E-state index in [0.717, 1.165) is 25.0 Å². The number of anilines is 1. The summed E-state index contributed by atoms with van der Waals surface area (Å²) in [5, 5.41) is 11.9. The maximum atomic E-state index is 14.5. The van der Waals surface area contributed by atoms with Gasteiger partial charge in [-0.15, -0.1) is 0 Å². The van der Waals surface area contributed by atoms with Gasteiger partial charge in [-0.2, -0.15) is 0 Å². The van der Waals surface area contributed by atoms with Gasteiger partial charge in [-0.05, 0) is 25.0 Å². The van der Waals surface area contributed by atoms with Crippen LogP contribution in [0.1, 0.15) is 24.1 Å². The van der Waals surface area contributed by atoms with Crippen LogP contribution in [0.3, 0.4) is 0 Å². The number of benzene rings is 1. The Bertz CT molecular complexity index is 1080. The van der Waals surface area contributed by atoms with E-state index in [1.807, 2.05) is 4.90 Å². The van der Waals surface area contributed by atoms with Crippen LogP contribution in [0.4, 0.5) is 14.6 Å². The predicted octanol–water partition coefficient (Wildman–Crippen LogP) is 2.05. The molecule has 0 saturated carbocycles. The van der Waals surface area contributed by atoms with Crippen molar-refractivity contribution in [2.75, 3.05) is 31.1 Å². The van der Waals surface area contributed by atoms with Crippen LogP contribution in [0.2, 0.25) is 5.02 Å². The molecule has 11 heteroatoms. The van der Waals surface area contributed by atoms with Gasteiger partial charge in [0.15, 0.2) is 15.7 Å². The second-order valence-corrected chi connectivity index (χ2v) is 9.99. The molecular formula is C19H21ClF2N4O3S. The van der Waals surface area contributed by atoms with Crippen molar-refractivity contribution in [3.8, 4) is 11.4 Å². The highest BCUT2D eigenvalue weighted by atomic mass is 35.5. The summed E-state index contributed by atoms with van der Waals surface area (Å²) in [6.45, 7) is 1.80. The molecule has 3 heterocycles. The Kier molecular flexibility index (Phi) is 5.93. The summed E-state index contributed by atoms with van der Waals surface area (Å²) in [6, 6.07) is 2.03. The van der Waals surface area contributed by atoms with E-state index in [4.69, 9.17) is 16.7 Å². The van der Waals surface area contributed by atoms with Gasteiger partial charge in [0.05, 0.1) is 34.4 Å². The first-order valence-corrected chi connectivity index (χ1v) is 11.8. The third kappa shape index (κ3) is 4.27. The summed E-state index contributed by atoms with van der Waals surface area (Å²) in [7, 11) is -3.37. The fourth-order valence-corrected chi connectivity index (χ4v) is 5.55. The lowest BCUT2D eigenvalue weighted by Gasteiger charge is -2.34. The van der Waals surface area contributed by atoms with Gasteiger partial charge in [0.25, 0.3) is 0 Å². The Hall–Kier alpha value is -1.88. The highest BCUT2D eigenvalue weighted by molar-refractivity contribution is 7.90. The molecule has 162 valence electrons. The average molecular weight is 459 g/mol. The van der Waals surface area contributed by atoms with Crippen LogP contribution in [-0.2, 0) is 21.3 Å². The van der Waals surface area contributed by atoms with Gasteiger partial charge in [-0.25, -0.2) is 27.2 Å². The smallest absolute Gasteiger partial charge is 0.164 e. The van der Waals surface area contributed by atoms with Crippen molar-refractivity contribution in [2.24, 2.45) is 0 Å². The van der Waals surface area contributed by atoms with E-state index in [2.05, 4.69) is 15.3 Å². The summed E-state index contributed by atoms with van der Waals surface area (Å²) < 4.78 is 52.9. The van der Waals surface area contributed by atoms with Crippen LogP contribution < -0.4 is 10.2 Å². The number of hydrogen-bond acceptors (Lipinski definition) is 7. The second-order valence-electron chi connectivity index (χ2n) is 7.51. The summed E-state index contributed by atoms with van der Waals surface area (Å²) >= 11 is 5.64. The minimum atomic E-state index is -3.37. The molecule has 0 atom stereocenters. The van der Waals surface area contributed by atoms with Crippen LogP contribution >= 0.6 is 11.6 Å². The number of nitrogens with one attached hydrogen (secondary N) is 1. The number of piperidine rings is 1. The molecule has 2 aromatic rings. The number of rotatable bonds is 5. The number of aliphatic hydroxyl groups is 1. The third-order valence-electron chi connectivity index (χ3n) is 5.38.